The summed E-state index contributed by atoms with van der Waals surface area (Å²) in [4.78, 5) is 7.68. The number of anilines is 1. The van der Waals surface area contributed by atoms with Crippen molar-refractivity contribution in [2.75, 3.05) is 11.9 Å². The summed E-state index contributed by atoms with van der Waals surface area (Å²) in [5.74, 6) is -1.48. The summed E-state index contributed by atoms with van der Waals surface area (Å²) >= 11 is 0. The Hall–Kier alpha value is -3.37. The fourth-order valence-corrected chi connectivity index (χ4v) is 2.24. The van der Waals surface area contributed by atoms with E-state index in [1.54, 1.807) is 6.92 Å². The molecule has 2 heterocycles. The van der Waals surface area contributed by atoms with Gasteiger partial charge in [0.25, 0.3) is 0 Å². The second-order valence-corrected chi connectivity index (χ2v) is 5.60. The fraction of sp³-hybridized carbons (Fsp3) is 0.294. The highest BCUT2D eigenvalue weighted by Gasteiger charge is 2.12. The van der Waals surface area contributed by atoms with Crippen molar-refractivity contribution in [2.45, 2.75) is 26.8 Å². The second-order valence-electron chi connectivity index (χ2n) is 5.60. The molecule has 0 aliphatic heterocycles. The van der Waals surface area contributed by atoms with E-state index in [0.717, 1.165) is 19.2 Å². The van der Waals surface area contributed by atoms with Gasteiger partial charge in [0, 0.05) is 19.5 Å². The molecule has 1 aromatic carbocycles. The maximum Gasteiger partial charge on any atom is 0.318 e. The van der Waals surface area contributed by atoms with E-state index in [1.807, 2.05) is 0 Å². The highest BCUT2D eigenvalue weighted by molar-refractivity contribution is 5.40. The molecular weight excluding hydrogens is 377 g/mol. The van der Waals surface area contributed by atoms with Crippen LogP contribution in [0.1, 0.15) is 19.5 Å². The summed E-state index contributed by atoms with van der Waals surface area (Å²) < 4.78 is 51.7. The van der Waals surface area contributed by atoms with Crippen molar-refractivity contribution < 1.29 is 22.6 Å². The van der Waals surface area contributed by atoms with Crippen LogP contribution >= 0.6 is 0 Å². The number of ether oxygens (including phenoxy) is 2. The lowest BCUT2D eigenvalue weighted by Crippen LogP contribution is -2.06. The Morgan fingerprint density at radius 1 is 1.25 bits per heavy atom. The molecule has 0 radical (unpaired) electrons. The molecule has 3 rings (SSSR count). The standard InChI is InChI=1S/C17H17F3N6O2/c1-3-21-16-14(20)7-22-17(23-16)27-9-11-8-26(25-24-11)12-4-5-13(19)15(6-12)28-10(2)18/h4-8,10H,3,9H2,1-2H3,(H,21,22,23). The number of nitrogens with zero attached hydrogens (tertiary/aromatic N) is 5. The molecule has 0 bridgehead atoms. The number of alkyl halides is 1. The van der Waals surface area contributed by atoms with Crippen molar-refractivity contribution in [3.63, 3.8) is 0 Å². The molecule has 0 aliphatic carbocycles. The molecule has 1 atom stereocenters. The topological polar surface area (TPSA) is 87.0 Å². The highest BCUT2D eigenvalue weighted by Crippen LogP contribution is 2.22. The Balaban J connectivity index is 1.70. The molecule has 148 valence electrons. The number of rotatable bonds is 8. The zero-order chi connectivity index (χ0) is 20.1. The van der Waals surface area contributed by atoms with Crippen LogP contribution in [0.4, 0.5) is 19.0 Å². The molecule has 2 aromatic heterocycles. The van der Waals surface area contributed by atoms with Gasteiger partial charge in [0.2, 0.25) is 6.36 Å². The molecule has 1 N–H and O–H groups in total. The number of benzene rings is 1. The Bertz CT molecular complexity index is 950. The van der Waals surface area contributed by atoms with Crippen molar-refractivity contribution in [1.82, 2.24) is 25.0 Å². The minimum absolute atomic E-state index is 0.0245. The summed E-state index contributed by atoms with van der Waals surface area (Å²) in [5.41, 5.74) is 0.840. The molecule has 8 nitrogen and oxygen atoms in total. The number of hydrogen-bond donors (Lipinski definition) is 1. The lowest BCUT2D eigenvalue weighted by molar-refractivity contribution is 0.0814. The first kappa shape index (κ1) is 19.4. The number of aromatic nitrogens is 5. The van der Waals surface area contributed by atoms with Crippen molar-refractivity contribution in [3.05, 3.63) is 47.9 Å². The quantitative estimate of drug-likeness (QED) is 0.628. The Morgan fingerprint density at radius 3 is 2.82 bits per heavy atom. The Labute approximate surface area is 158 Å². The molecule has 0 fully saturated rings. The maximum absolute atomic E-state index is 13.7. The van der Waals surface area contributed by atoms with E-state index >= 15 is 0 Å². The largest absolute Gasteiger partial charge is 0.458 e. The van der Waals surface area contributed by atoms with Crippen LogP contribution in [0.3, 0.4) is 0 Å². The van der Waals surface area contributed by atoms with E-state index in [9.17, 15) is 13.2 Å². The van der Waals surface area contributed by atoms with Crippen LogP contribution in [-0.4, -0.2) is 37.9 Å². The minimum Gasteiger partial charge on any atom is -0.458 e. The zero-order valence-corrected chi connectivity index (χ0v) is 15.1. The zero-order valence-electron chi connectivity index (χ0n) is 15.1. The molecule has 1 unspecified atom stereocenters. The van der Waals surface area contributed by atoms with Crippen molar-refractivity contribution in [2.24, 2.45) is 0 Å². The normalized spacial score (nSPS) is 11.9. The minimum atomic E-state index is -1.66. The van der Waals surface area contributed by atoms with Gasteiger partial charge in [-0.25, -0.2) is 22.8 Å². The van der Waals surface area contributed by atoms with Crippen LogP contribution in [0.2, 0.25) is 0 Å². The average Bonchev–Trinajstić information content (AvgIpc) is 3.13. The predicted molar refractivity (Wildman–Crippen MR) is 93.0 cm³/mol. The van der Waals surface area contributed by atoms with Gasteiger partial charge in [-0.3, -0.25) is 0 Å². The summed E-state index contributed by atoms with van der Waals surface area (Å²) in [7, 11) is 0. The first-order valence-electron chi connectivity index (χ1n) is 8.37. The second kappa shape index (κ2) is 8.55. The lowest BCUT2D eigenvalue weighted by Gasteiger charge is -2.09. The van der Waals surface area contributed by atoms with Crippen LogP contribution in [-0.2, 0) is 6.61 Å². The van der Waals surface area contributed by atoms with E-state index in [1.165, 1.54) is 23.0 Å². The van der Waals surface area contributed by atoms with E-state index in [0.29, 0.717) is 17.9 Å². The molecule has 0 saturated carbocycles. The monoisotopic (exact) mass is 394 g/mol. The van der Waals surface area contributed by atoms with Gasteiger partial charge in [0.15, 0.2) is 23.2 Å². The van der Waals surface area contributed by atoms with Crippen LogP contribution in [0, 0.1) is 11.6 Å². The van der Waals surface area contributed by atoms with Crippen LogP contribution in [0.25, 0.3) is 5.69 Å². The summed E-state index contributed by atoms with van der Waals surface area (Å²) in [6.45, 7) is 3.42. The SMILES string of the molecule is CCNc1nc(OCc2cn(-c3ccc(F)c(OC(C)F)c3)nn2)ncc1F. The van der Waals surface area contributed by atoms with E-state index in [-0.39, 0.29) is 24.2 Å². The highest BCUT2D eigenvalue weighted by atomic mass is 19.1. The lowest BCUT2D eigenvalue weighted by atomic mass is 10.3. The summed E-state index contributed by atoms with van der Waals surface area (Å²) in [6.07, 6.45) is 0.875. The third-order valence-electron chi connectivity index (χ3n) is 3.42. The van der Waals surface area contributed by atoms with E-state index < -0.39 is 18.0 Å². The van der Waals surface area contributed by atoms with E-state index in [2.05, 4.69) is 25.6 Å². The van der Waals surface area contributed by atoms with Gasteiger partial charge in [0.1, 0.15) is 12.3 Å². The fourth-order valence-electron chi connectivity index (χ4n) is 2.24. The van der Waals surface area contributed by atoms with Crippen LogP contribution in [0.15, 0.2) is 30.6 Å². The van der Waals surface area contributed by atoms with Gasteiger partial charge in [-0.15, -0.1) is 5.10 Å². The number of nitrogens with one attached hydrogen (secondary N) is 1. The molecule has 0 spiro atoms. The van der Waals surface area contributed by atoms with Crippen LogP contribution in [0.5, 0.6) is 11.8 Å². The predicted octanol–water partition coefficient (Wildman–Crippen LogP) is 3.04. The summed E-state index contributed by atoms with van der Waals surface area (Å²) in [5, 5.41) is 10.6. The third kappa shape index (κ3) is 4.67. The van der Waals surface area contributed by atoms with Crippen molar-refractivity contribution >= 4 is 5.82 Å². The van der Waals surface area contributed by atoms with Gasteiger partial charge in [-0.2, -0.15) is 4.98 Å². The van der Waals surface area contributed by atoms with Crippen molar-refractivity contribution in [3.8, 4) is 17.4 Å². The van der Waals surface area contributed by atoms with Gasteiger partial charge >= 0.3 is 6.01 Å². The number of hydrogen-bond acceptors (Lipinski definition) is 7. The molecule has 3 aromatic rings. The van der Waals surface area contributed by atoms with Gasteiger partial charge in [0.05, 0.1) is 18.1 Å². The van der Waals surface area contributed by atoms with Gasteiger partial charge in [-0.05, 0) is 19.1 Å². The Kier molecular flexibility index (Phi) is 5.92. The number of halogens is 3. The molecule has 0 amide bonds. The van der Waals surface area contributed by atoms with Crippen molar-refractivity contribution in [1.29, 1.82) is 0 Å². The third-order valence-corrected chi connectivity index (χ3v) is 3.42. The first-order valence-corrected chi connectivity index (χ1v) is 8.37. The van der Waals surface area contributed by atoms with Gasteiger partial charge in [-0.1, -0.05) is 5.21 Å². The smallest absolute Gasteiger partial charge is 0.318 e. The maximum atomic E-state index is 13.7. The molecule has 0 aliphatic rings. The Morgan fingerprint density at radius 2 is 2.07 bits per heavy atom. The first-order chi connectivity index (χ1) is 13.5. The average molecular weight is 394 g/mol. The summed E-state index contributed by atoms with van der Waals surface area (Å²) in [6, 6.07) is 3.85. The van der Waals surface area contributed by atoms with Gasteiger partial charge < -0.3 is 14.8 Å². The molecule has 11 heteroatoms. The van der Waals surface area contributed by atoms with E-state index in [4.69, 9.17) is 9.47 Å². The molecular formula is C17H17F3N6O2. The molecule has 28 heavy (non-hydrogen) atoms. The molecule has 0 saturated heterocycles. The van der Waals surface area contributed by atoms with Crippen LogP contribution < -0.4 is 14.8 Å².